The predicted molar refractivity (Wildman–Crippen MR) is 94.5 cm³/mol. The van der Waals surface area contributed by atoms with Gasteiger partial charge in [-0.1, -0.05) is 30.3 Å². The minimum Gasteiger partial charge on any atom is -0.445 e. The molecule has 1 atom stereocenters. The van der Waals surface area contributed by atoms with Crippen LogP contribution in [0.4, 0.5) is 4.79 Å². The summed E-state index contributed by atoms with van der Waals surface area (Å²) < 4.78 is 5.32. The van der Waals surface area contributed by atoms with Gasteiger partial charge in [0, 0.05) is 6.04 Å². The van der Waals surface area contributed by atoms with Gasteiger partial charge in [0.1, 0.15) is 6.61 Å². The van der Waals surface area contributed by atoms with Gasteiger partial charge in [-0.15, -0.1) is 0 Å². The third-order valence-corrected chi connectivity index (χ3v) is 5.62. The van der Waals surface area contributed by atoms with Gasteiger partial charge in [0.15, 0.2) is 0 Å². The highest BCUT2D eigenvalue weighted by molar-refractivity contribution is 6.45. The molecule has 1 amide bonds. The first-order chi connectivity index (χ1) is 11.6. The molecule has 3 rings (SSSR count). The molecule has 1 saturated carbocycles. The highest BCUT2D eigenvalue weighted by atomic mass is 16.5. The summed E-state index contributed by atoms with van der Waals surface area (Å²) in [6.45, 7) is 4.04. The standard InChI is InChI=1S/C18H27BN2O3/c1-19(23)21-11-9-18(10-12-21)8-7-16(13-18)20-17(22)24-14-15-5-3-2-4-6-15/h2-6,16,23H,7-14H2,1H3,(H,20,22). The molecule has 5 nitrogen and oxygen atoms in total. The molecule has 1 spiro atoms. The van der Waals surface area contributed by atoms with Gasteiger partial charge >= 0.3 is 13.1 Å². The summed E-state index contributed by atoms with van der Waals surface area (Å²) in [5.41, 5.74) is 1.34. The number of piperidine rings is 1. The van der Waals surface area contributed by atoms with Crippen LogP contribution in [0.5, 0.6) is 0 Å². The van der Waals surface area contributed by atoms with E-state index in [4.69, 9.17) is 4.74 Å². The number of alkyl carbamates (subject to hydrolysis) is 1. The minimum absolute atomic E-state index is 0.214. The van der Waals surface area contributed by atoms with E-state index in [1.54, 1.807) is 0 Å². The number of hydrogen-bond acceptors (Lipinski definition) is 4. The van der Waals surface area contributed by atoms with Crippen LogP contribution < -0.4 is 5.32 Å². The van der Waals surface area contributed by atoms with Crippen molar-refractivity contribution in [2.45, 2.75) is 51.6 Å². The van der Waals surface area contributed by atoms with Gasteiger partial charge in [0.2, 0.25) is 0 Å². The monoisotopic (exact) mass is 330 g/mol. The number of carbonyl (C=O) groups is 1. The summed E-state index contributed by atoms with van der Waals surface area (Å²) in [4.78, 5) is 14.1. The molecule has 0 aromatic heterocycles. The molecule has 6 heteroatoms. The largest absolute Gasteiger partial charge is 0.445 e. The Balaban J connectivity index is 1.42. The number of hydrogen-bond donors (Lipinski definition) is 2. The SMILES string of the molecule is CB(O)N1CCC2(CCC(NC(=O)OCc3ccccc3)C2)CC1. The molecule has 1 unspecified atom stereocenters. The molecule has 0 bridgehead atoms. The van der Waals surface area contributed by atoms with Crippen LogP contribution in [0.25, 0.3) is 0 Å². The van der Waals surface area contributed by atoms with Crippen LogP contribution >= 0.6 is 0 Å². The zero-order valence-corrected chi connectivity index (χ0v) is 14.4. The second-order valence-corrected chi connectivity index (χ2v) is 7.31. The lowest BCUT2D eigenvalue weighted by Crippen LogP contribution is -2.46. The van der Waals surface area contributed by atoms with Crippen molar-refractivity contribution < 1.29 is 14.6 Å². The zero-order chi connectivity index (χ0) is 17.0. The number of ether oxygens (including phenoxy) is 1. The van der Waals surface area contributed by atoms with Crippen LogP contribution in [-0.2, 0) is 11.3 Å². The summed E-state index contributed by atoms with van der Waals surface area (Å²) in [6, 6.07) is 9.95. The lowest BCUT2D eigenvalue weighted by molar-refractivity contribution is 0.129. The Bertz CT molecular complexity index is 544. The summed E-state index contributed by atoms with van der Waals surface area (Å²) in [5, 5.41) is 12.7. The Morgan fingerprint density at radius 2 is 2.04 bits per heavy atom. The van der Waals surface area contributed by atoms with Gasteiger partial charge in [0.25, 0.3) is 0 Å². The number of carbonyl (C=O) groups excluding carboxylic acids is 1. The highest BCUT2D eigenvalue weighted by Gasteiger charge is 2.42. The van der Waals surface area contributed by atoms with Crippen molar-refractivity contribution in [3.8, 4) is 0 Å². The van der Waals surface area contributed by atoms with E-state index in [0.717, 1.165) is 50.8 Å². The maximum absolute atomic E-state index is 12.0. The summed E-state index contributed by atoms with van der Waals surface area (Å²) in [5.74, 6) is 0. The van der Waals surface area contributed by atoms with E-state index in [1.807, 2.05) is 37.2 Å². The van der Waals surface area contributed by atoms with Gasteiger partial charge < -0.3 is 19.9 Å². The normalized spacial score (nSPS) is 23.2. The average Bonchev–Trinajstić information content (AvgIpc) is 2.96. The molecule has 1 heterocycles. The van der Waals surface area contributed by atoms with Crippen LogP contribution in [0.2, 0.25) is 6.82 Å². The summed E-state index contributed by atoms with van der Waals surface area (Å²) >= 11 is 0. The lowest BCUT2D eigenvalue weighted by atomic mass is 9.72. The van der Waals surface area contributed by atoms with Gasteiger partial charge in [-0.2, -0.15) is 0 Å². The molecule has 1 aromatic rings. The first kappa shape index (κ1) is 17.3. The third kappa shape index (κ3) is 4.30. The number of nitrogens with one attached hydrogen (secondary N) is 1. The van der Waals surface area contributed by atoms with Crippen molar-refractivity contribution >= 4 is 13.1 Å². The van der Waals surface area contributed by atoms with Crippen LogP contribution in [0.1, 0.15) is 37.7 Å². The number of rotatable bonds is 4. The van der Waals surface area contributed by atoms with E-state index in [2.05, 4.69) is 10.1 Å². The quantitative estimate of drug-likeness (QED) is 0.833. The molecule has 2 N–H and O–H groups in total. The molecule has 1 aromatic carbocycles. The van der Waals surface area contributed by atoms with E-state index in [-0.39, 0.29) is 19.2 Å². The molecule has 24 heavy (non-hydrogen) atoms. The Labute approximate surface area is 144 Å². The highest BCUT2D eigenvalue weighted by Crippen LogP contribution is 2.46. The number of nitrogens with zero attached hydrogens (tertiary/aromatic N) is 1. The van der Waals surface area contributed by atoms with Crippen molar-refractivity contribution in [3.63, 3.8) is 0 Å². The van der Waals surface area contributed by atoms with E-state index in [1.165, 1.54) is 0 Å². The van der Waals surface area contributed by atoms with E-state index < -0.39 is 0 Å². The summed E-state index contributed by atoms with van der Waals surface area (Å²) in [7, 11) is -0.356. The van der Waals surface area contributed by atoms with Crippen molar-refractivity contribution in [3.05, 3.63) is 35.9 Å². The topological polar surface area (TPSA) is 61.8 Å². The van der Waals surface area contributed by atoms with Crippen molar-refractivity contribution in [2.75, 3.05) is 13.1 Å². The van der Waals surface area contributed by atoms with E-state index >= 15 is 0 Å². The maximum Gasteiger partial charge on any atom is 0.407 e. The second kappa shape index (κ2) is 7.57. The van der Waals surface area contributed by atoms with Gasteiger partial charge in [-0.3, -0.25) is 0 Å². The van der Waals surface area contributed by atoms with Crippen molar-refractivity contribution in [1.29, 1.82) is 0 Å². The Morgan fingerprint density at radius 1 is 1.33 bits per heavy atom. The zero-order valence-electron chi connectivity index (χ0n) is 14.4. The fourth-order valence-corrected chi connectivity index (χ4v) is 4.09. The molecule has 130 valence electrons. The molecular formula is C18H27BN2O3. The van der Waals surface area contributed by atoms with Crippen LogP contribution in [0.3, 0.4) is 0 Å². The number of benzene rings is 1. The minimum atomic E-state index is -0.356. The fraction of sp³-hybridized carbons (Fsp3) is 0.611. The molecule has 2 aliphatic rings. The molecule has 1 saturated heterocycles. The predicted octanol–water partition coefficient (Wildman–Crippen LogP) is 2.66. The Hall–Kier alpha value is -1.53. The Morgan fingerprint density at radius 3 is 2.71 bits per heavy atom. The summed E-state index contributed by atoms with van der Waals surface area (Å²) in [6.07, 6.45) is 5.10. The van der Waals surface area contributed by atoms with Gasteiger partial charge in [-0.25, -0.2) is 4.79 Å². The molecule has 2 fully saturated rings. The first-order valence-electron chi connectivity index (χ1n) is 8.96. The third-order valence-electron chi connectivity index (χ3n) is 5.62. The smallest absolute Gasteiger partial charge is 0.407 e. The molecular weight excluding hydrogens is 303 g/mol. The average molecular weight is 330 g/mol. The van der Waals surface area contributed by atoms with Gasteiger partial charge in [0.05, 0.1) is 0 Å². The molecule has 1 aliphatic carbocycles. The van der Waals surface area contributed by atoms with E-state index in [9.17, 15) is 9.82 Å². The van der Waals surface area contributed by atoms with Gasteiger partial charge in [-0.05, 0) is 63.0 Å². The van der Waals surface area contributed by atoms with Crippen LogP contribution in [0.15, 0.2) is 30.3 Å². The van der Waals surface area contributed by atoms with E-state index in [0.29, 0.717) is 12.0 Å². The van der Waals surface area contributed by atoms with Crippen LogP contribution in [0, 0.1) is 5.41 Å². The lowest BCUT2D eigenvalue weighted by Gasteiger charge is -2.40. The van der Waals surface area contributed by atoms with Crippen LogP contribution in [-0.4, -0.2) is 42.1 Å². The molecule has 1 aliphatic heterocycles. The van der Waals surface area contributed by atoms with Crippen molar-refractivity contribution in [2.24, 2.45) is 5.41 Å². The second-order valence-electron chi connectivity index (χ2n) is 7.31. The maximum atomic E-state index is 12.0. The van der Waals surface area contributed by atoms with Crippen molar-refractivity contribution in [1.82, 2.24) is 10.1 Å². The first-order valence-corrected chi connectivity index (χ1v) is 8.96. The number of amides is 1. The fourth-order valence-electron chi connectivity index (χ4n) is 4.09. The Kier molecular flexibility index (Phi) is 5.46. The molecule has 0 radical (unpaired) electrons.